The molecule has 0 atom stereocenters. The number of benzene rings is 2. The maximum atomic E-state index is 12.4. The van der Waals surface area contributed by atoms with E-state index in [-0.39, 0.29) is 43.1 Å². The lowest BCUT2D eigenvalue weighted by atomic mass is 10.1. The third-order valence-electron chi connectivity index (χ3n) is 4.36. The predicted octanol–water partition coefficient (Wildman–Crippen LogP) is 1.12. The molecule has 0 spiro atoms. The van der Waals surface area contributed by atoms with Crippen LogP contribution in [0, 0.1) is 0 Å². The number of carbonyl (C=O) groups is 3. The Kier molecular flexibility index (Phi) is 7.40. The second kappa shape index (κ2) is 9.75. The van der Waals surface area contributed by atoms with E-state index in [1.807, 2.05) is 12.1 Å². The molecule has 1 aliphatic heterocycles. The van der Waals surface area contributed by atoms with Gasteiger partial charge in [0.05, 0.1) is 13.0 Å². The van der Waals surface area contributed by atoms with Crippen molar-refractivity contribution >= 4 is 35.8 Å². The molecule has 7 nitrogen and oxygen atoms in total. The molecule has 0 bridgehead atoms. The molecule has 0 radical (unpaired) electrons. The molecule has 4 N–H and O–H groups in total. The summed E-state index contributed by atoms with van der Waals surface area (Å²) in [6.07, 6.45) is 0.286. The van der Waals surface area contributed by atoms with Gasteiger partial charge in [-0.2, -0.15) is 0 Å². The summed E-state index contributed by atoms with van der Waals surface area (Å²) < 4.78 is 0. The average Bonchev–Trinajstić information content (AvgIpc) is 2.68. The fourth-order valence-corrected chi connectivity index (χ4v) is 2.84. The van der Waals surface area contributed by atoms with Crippen molar-refractivity contribution in [1.29, 1.82) is 0 Å². The number of rotatable bonds is 5. The minimum absolute atomic E-state index is 0. The molecule has 1 saturated heterocycles. The number of piperazine rings is 1. The molecule has 28 heavy (non-hydrogen) atoms. The first-order chi connectivity index (χ1) is 13.0. The van der Waals surface area contributed by atoms with Crippen LogP contribution in [0.2, 0.25) is 0 Å². The van der Waals surface area contributed by atoms with Crippen molar-refractivity contribution in [2.45, 2.75) is 13.0 Å². The highest BCUT2D eigenvalue weighted by Gasteiger charge is 2.22. The fraction of sp³-hybridized carbons (Fsp3) is 0.250. The van der Waals surface area contributed by atoms with Gasteiger partial charge in [0.25, 0.3) is 5.91 Å². The summed E-state index contributed by atoms with van der Waals surface area (Å²) >= 11 is 0. The number of carbonyl (C=O) groups excluding carboxylic acids is 3. The summed E-state index contributed by atoms with van der Waals surface area (Å²) in [7, 11) is 0. The Morgan fingerprint density at radius 2 is 1.68 bits per heavy atom. The van der Waals surface area contributed by atoms with Crippen molar-refractivity contribution in [3.63, 3.8) is 0 Å². The van der Waals surface area contributed by atoms with Crippen LogP contribution >= 0.6 is 12.4 Å². The Morgan fingerprint density at radius 1 is 1.04 bits per heavy atom. The number of nitrogens with zero attached hydrogens (tertiary/aromatic N) is 1. The lowest BCUT2D eigenvalue weighted by Crippen LogP contribution is -2.49. The van der Waals surface area contributed by atoms with Crippen molar-refractivity contribution in [2.24, 2.45) is 0 Å². The van der Waals surface area contributed by atoms with E-state index in [0.717, 1.165) is 11.1 Å². The third-order valence-corrected chi connectivity index (χ3v) is 4.36. The molecule has 3 rings (SSSR count). The zero-order valence-electron chi connectivity index (χ0n) is 15.3. The van der Waals surface area contributed by atoms with Crippen molar-refractivity contribution in [1.82, 2.24) is 15.5 Å². The molecule has 0 aliphatic carbocycles. The second-order valence-electron chi connectivity index (χ2n) is 6.47. The maximum absolute atomic E-state index is 12.4. The highest BCUT2D eigenvalue weighted by molar-refractivity contribution is 5.97. The van der Waals surface area contributed by atoms with Gasteiger partial charge in [-0.05, 0) is 35.4 Å². The number of amides is 3. The summed E-state index contributed by atoms with van der Waals surface area (Å²) in [5, 5.41) is 5.56. The van der Waals surface area contributed by atoms with E-state index in [9.17, 15) is 14.4 Å². The molecule has 0 saturated carbocycles. The van der Waals surface area contributed by atoms with Crippen LogP contribution in [0.5, 0.6) is 0 Å². The zero-order valence-corrected chi connectivity index (χ0v) is 16.1. The van der Waals surface area contributed by atoms with E-state index in [2.05, 4.69) is 10.6 Å². The number of hydrogen-bond donors (Lipinski definition) is 3. The minimum Gasteiger partial charge on any atom is -0.399 e. The van der Waals surface area contributed by atoms with Crippen molar-refractivity contribution < 1.29 is 14.4 Å². The van der Waals surface area contributed by atoms with Crippen LogP contribution in [0.4, 0.5) is 5.69 Å². The molecule has 148 valence electrons. The molecular weight excluding hydrogens is 380 g/mol. The van der Waals surface area contributed by atoms with Crippen LogP contribution in [-0.4, -0.2) is 42.3 Å². The van der Waals surface area contributed by atoms with E-state index in [1.165, 1.54) is 4.90 Å². The van der Waals surface area contributed by atoms with Gasteiger partial charge in [-0.25, -0.2) is 0 Å². The van der Waals surface area contributed by atoms with Crippen LogP contribution in [0.1, 0.15) is 21.5 Å². The SMILES string of the molecule is Cl.Nc1ccc(CC(=O)NCc2ccc(C(=O)N3CCNC(=O)C3)cc2)cc1. The van der Waals surface area contributed by atoms with Gasteiger partial charge in [0.15, 0.2) is 0 Å². The summed E-state index contributed by atoms with van der Waals surface area (Å²) in [5.41, 5.74) is 8.62. The number of nitrogen functional groups attached to an aromatic ring is 1. The Labute approximate surface area is 169 Å². The Bertz CT molecular complexity index is 838. The highest BCUT2D eigenvalue weighted by Crippen LogP contribution is 2.10. The molecule has 0 unspecified atom stereocenters. The summed E-state index contributed by atoms with van der Waals surface area (Å²) in [5.74, 6) is -0.391. The predicted molar refractivity (Wildman–Crippen MR) is 109 cm³/mol. The number of hydrogen-bond acceptors (Lipinski definition) is 4. The van der Waals surface area contributed by atoms with E-state index < -0.39 is 0 Å². The first-order valence-electron chi connectivity index (χ1n) is 8.77. The van der Waals surface area contributed by atoms with Gasteiger partial charge in [0.1, 0.15) is 0 Å². The number of nitrogens with one attached hydrogen (secondary N) is 2. The van der Waals surface area contributed by atoms with Gasteiger partial charge < -0.3 is 21.3 Å². The lowest BCUT2D eigenvalue weighted by Gasteiger charge is -2.26. The number of nitrogens with two attached hydrogens (primary N) is 1. The molecule has 2 aromatic rings. The highest BCUT2D eigenvalue weighted by atomic mass is 35.5. The molecule has 2 aromatic carbocycles. The van der Waals surface area contributed by atoms with Crippen LogP contribution < -0.4 is 16.4 Å². The summed E-state index contributed by atoms with van der Waals surface area (Å²) in [6, 6.07) is 14.2. The van der Waals surface area contributed by atoms with Crippen LogP contribution in [-0.2, 0) is 22.6 Å². The van der Waals surface area contributed by atoms with Crippen LogP contribution in [0.3, 0.4) is 0 Å². The molecule has 8 heteroatoms. The van der Waals surface area contributed by atoms with Gasteiger partial charge >= 0.3 is 0 Å². The maximum Gasteiger partial charge on any atom is 0.254 e. The summed E-state index contributed by atoms with van der Waals surface area (Å²) in [6.45, 7) is 1.45. The van der Waals surface area contributed by atoms with Crippen molar-refractivity contribution in [3.05, 3.63) is 65.2 Å². The molecule has 3 amide bonds. The Hall–Kier alpha value is -3.06. The summed E-state index contributed by atoms with van der Waals surface area (Å²) in [4.78, 5) is 37.4. The average molecular weight is 403 g/mol. The standard InChI is InChI=1S/C20H22N4O3.ClH/c21-17-7-3-14(4-8-17)11-18(25)23-12-15-1-5-16(6-2-15)20(27)24-10-9-22-19(26)13-24;/h1-8H,9-13,21H2,(H,22,26)(H,23,25);1H. The van der Waals surface area contributed by atoms with E-state index in [4.69, 9.17) is 5.73 Å². The molecule has 1 fully saturated rings. The molecule has 0 aromatic heterocycles. The van der Waals surface area contributed by atoms with E-state index in [0.29, 0.717) is 30.9 Å². The van der Waals surface area contributed by atoms with Crippen LogP contribution in [0.25, 0.3) is 0 Å². The van der Waals surface area contributed by atoms with Gasteiger partial charge in [-0.1, -0.05) is 24.3 Å². The van der Waals surface area contributed by atoms with E-state index >= 15 is 0 Å². The van der Waals surface area contributed by atoms with Crippen molar-refractivity contribution in [3.8, 4) is 0 Å². The first-order valence-corrected chi connectivity index (χ1v) is 8.77. The lowest BCUT2D eigenvalue weighted by molar-refractivity contribution is -0.123. The largest absolute Gasteiger partial charge is 0.399 e. The number of anilines is 1. The van der Waals surface area contributed by atoms with Crippen LogP contribution in [0.15, 0.2) is 48.5 Å². The fourth-order valence-electron chi connectivity index (χ4n) is 2.84. The monoisotopic (exact) mass is 402 g/mol. The van der Waals surface area contributed by atoms with Gasteiger partial charge in [0, 0.05) is 30.9 Å². The molecule has 1 aliphatic rings. The first kappa shape index (κ1) is 21.2. The zero-order chi connectivity index (χ0) is 19.2. The van der Waals surface area contributed by atoms with E-state index in [1.54, 1.807) is 36.4 Å². The van der Waals surface area contributed by atoms with Crippen molar-refractivity contribution in [2.75, 3.05) is 25.4 Å². The minimum atomic E-state index is -0.163. The Balaban J connectivity index is 0.00000280. The second-order valence-corrected chi connectivity index (χ2v) is 6.47. The van der Waals surface area contributed by atoms with Gasteiger partial charge in [-0.3, -0.25) is 14.4 Å². The third kappa shape index (κ3) is 5.72. The molecular formula is C20H23ClN4O3. The topological polar surface area (TPSA) is 105 Å². The smallest absolute Gasteiger partial charge is 0.254 e. The Morgan fingerprint density at radius 3 is 2.32 bits per heavy atom. The van der Waals surface area contributed by atoms with Gasteiger partial charge in [0.2, 0.25) is 11.8 Å². The molecule has 1 heterocycles. The van der Waals surface area contributed by atoms with Gasteiger partial charge in [-0.15, -0.1) is 12.4 Å². The normalized spacial score (nSPS) is 13.3. The number of halogens is 1. The quantitative estimate of drug-likeness (QED) is 0.652.